The number of hydrogen-bond donors (Lipinski definition) is 2. The van der Waals surface area contributed by atoms with E-state index >= 15 is 0 Å². The highest BCUT2D eigenvalue weighted by Gasteiger charge is 2.30. The molecule has 9 heteroatoms. The van der Waals surface area contributed by atoms with Crippen LogP contribution in [0.15, 0.2) is 66.7 Å². The van der Waals surface area contributed by atoms with E-state index < -0.39 is 17.6 Å². The zero-order chi connectivity index (χ0) is 20.0. The van der Waals surface area contributed by atoms with Gasteiger partial charge in [0, 0.05) is 5.69 Å². The van der Waals surface area contributed by atoms with E-state index in [-0.39, 0.29) is 23.9 Å². The van der Waals surface area contributed by atoms with Gasteiger partial charge in [-0.2, -0.15) is 13.2 Å². The van der Waals surface area contributed by atoms with Crippen LogP contribution in [0.3, 0.4) is 0 Å². The first-order chi connectivity index (χ1) is 13.4. The summed E-state index contributed by atoms with van der Waals surface area (Å²) >= 11 is 0. The number of halogens is 3. The molecule has 3 aromatic rings. The van der Waals surface area contributed by atoms with Crippen molar-refractivity contribution in [3.63, 3.8) is 0 Å². The van der Waals surface area contributed by atoms with Gasteiger partial charge < -0.3 is 15.4 Å². The third-order valence-corrected chi connectivity index (χ3v) is 3.51. The Hall–Kier alpha value is -3.62. The molecule has 0 aliphatic carbocycles. The molecular formula is C19H15F3N4O2. The maximum Gasteiger partial charge on any atom is 0.416 e. The molecule has 3 rings (SSSR count). The highest BCUT2D eigenvalue weighted by atomic mass is 19.4. The quantitative estimate of drug-likeness (QED) is 0.660. The maximum absolute atomic E-state index is 12.7. The monoisotopic (exact) mass is 388 g/mol. The van der Waals surface area contributed by atoms with Crippen molar-refractivity contribution in [1.29, 1.82) is 0 Å². The summed E-state index contributed by atoms with van der Waals surface area (Å²) in [5.41, 5.74) is -0.551. The second-order valence-corrected chi connectivity index (χ2v) is 5.66. The molecule has 0 saturated heterocycles. The Morgan fingerprint density at radius 1 is 0.929 bits per heavy atom. The largest absolute Gasteiger partial charge is 0.484 e. The lowest BCUT2D eigenvalue weighted by Crippen LogP contribution is -2.21. The van der Waals surface area contributed by atoms with Gasteiger partial charge >= 0.3 is 6.18 Å². The normalized spacial score (nSPS) is 11.0. The van der Waals surface area contributed by atoms with Crippen molar-refractivity contribution in [2.24, 2.45) is 0 Å². The molecule has 2 N–H and O–H groups in total. The number of benzene rings is 2. The zero-order valence-electron chi connectivity index (χ0n) is 14.4. The van der Waals surface area contributed by atoms with Crippen LogP contribution in [-0.2, 0) is 11.0 Å². The Bertz CT molecular complexity index is 932. The summed E-state index contributed by atoms with van der Waals surface area (Å²) in [7, 11) is 0. The lowest BCUT2D eigenvalue weighted by atomic mass is 10.2. The van der Waals surface area contributed by atoms with Crippen LogP contribution in [-0.4, -0.2) is 22.7 Å². The van der Waals surface area contributed by atoms with E-state index in [1.165, 1.54) is 24.3 Å². The molecule has 28 heavy (non-hydrogen) atoms. The number of aromatic nitrogens is 2. The standard InChI is InChI=1S/C19H15F3N4O2/c20-19(21,22)13-5-4-6-14(11-13)23-16-9-10-17(26-25-16)24-18(27)12-28-15-7-2-1-3-8-15/h1-11H,12H2,(H,23,25)(H,24,26,27). The Labute approximate surface area is 158 Å². The molecule has 1 heterocycles. The van der Waals surface area contributed by atoms with Crippen LogP contribution in [0.2, 0.25) is 0 Å². The van der Waals surface area contributed by atoms with Gasteiger partial charge in [0.1, 0.15) is 5.75 Å². The SMILES string of the molecule is O=C(COc1ccccc1)Nc1ccc(Nc2cccc(C(F)(F)F)c2)nn1. The van der Waals surface area contributed by atoms with E-state index in [0.29, 0.717) is 5.75 Å². The Morgan fingerprint density at radius 2 is 1.64 bits per heavy atom. The van der Waals surface area contributed by atoms with E-state index in [4.69, 9.17) is 4.74 Å². The molecule has 1 aromatic heterocycles. The molecule has 0 unspecified atom stereocenters. The summed E-state index contributed by atoms with van der Waals surface area (Å²) in [6, 6.07) is 16.5. The molecule has 0 radical (unpaired) electrons. The van der Waals surface area contributed by atoms with Gasteiger partial charge in [-0.25, -0.2) is 0 Å². The van der Waals surface area contributed by atoms with Gasteiger partial charge in [-0.05, 0) is 42.5 Å². The predicted octanol–water partition coefficient (Wildman–Crippen LogP) is 4.26. The van der Waals surface area contributed by atoms with E-state index in [1.54, 1.807) is 24.3 Å². The summed E-state index contributed by atoms with van der Waals surface area (Å²) in [5, 5.41) is 12.9. The first kappa shape index (κ1) is 19.2. The lowest BCUT2D eigenvalue weighted by molar-refractivity contribution is -0.137. The van der Waals surface area contributed by atoms with Gasteiger partial charge in [-0.15, -0.1) is 10.2 Å². The van der Waals surface area contributed by atoms with Crippen LogP contribution >= 0.6 is 0 Å². The fourth-order valence-corrected chi connectivity index (χ4v) is 2.23. The first-order valence-corrected chi connectivity index (χ1v) is 8.16. The number of para-hydroxylation sites is 1. The van der Waals surface area contributed by atoms with Gasteiger partial charge in [0.25, 0.3) is 5.91 Å². The third-order valence-electron chi connectivity index (χ3n) is 3.51. The van der Waals surface area contributed by atoms with Crippen molar-refractivity contribution in [1.82, 2.24) is 10.2 Å². The molecule has 0 saturated carbocycles. The molecule has 144 valence electrons. The first-order valence-electron chi connectivity index (χ1n) is 8.16. The summed E-state index contributed by atoms with van der Waals surface area (Å²) in [6.45, 7) is -0.198. The maximum atomic E-state index is 12.7. The van der Waals surface area contributed by atoms with Crippen LogP contribution < -0.4 is 15.4 Å². The van der Waals surface area contributed by atoms with Crippen LogP contribution in [0.5, 0.6) is 5.75 Å². The number of ether oxygens (including phenoxy) is 1. The van der Waals surface area contributed by atoms with Crippen molar-refractivity contribution < 1.29 is 22.7 Å². The number of hydrogen-bond acceptors (Lipinski definition) is 5. The fourth-order valence-electron chi connectivity index (χ4n) is 2.23. The number of nitrogens with one attached hydrogen (secondary N) is 2. The molecule has 1 amide bonds. The van der Waals surface area contributed by atoms with E-state index in [0.717, 1.165) is 12.1 Å². The van der Waals surface area contributed by atoms with Crippen molar-refractivity contribution >= 4 is 23.2 Å². The highest BCUT2D eigenvalue weighted by molar-refractivity contribution is 5.90. The number of nitrogens with zero attached hydrogens (tertiary/aromatic N) is 2. The predicted molar refractivity (Wildman–Crippen MR) is 97.3 cm³/mol. The van der Waals surface area contributed by atoms with E-state index in [1.807, 2.05) is 6.07 Å². The third kappa shape index (κ3) is 5.44. The molecule has 2 aromatic carbocycles. The minimum atomic E-state index is -4.43. The van der Waals surface area contributed by atoms with Crippen molar-refractivity contribution in [3.8, 4) is 5.75 Å². The van der Waals surface area contributed by atoms with E-state index in [9.17, 15) is 18.0 Å². The zero-order valence-corrected chi connectivity index (χ0v) is 14.4. The molecule has 6 nitrogen and oxygen atoms in total. The molecule has 0 bridgehead atoms. The van der Waals surface area contributed by atoms with Gasteiger partial charge in [0.05, 0.1) is 5.56 Å². The van der Waals surface area contributed by atoms with Crippen molar-refractivity contribution in [3.05, 3.63) is 72.3 Å². The van der Waals surface area contributed by atoms with Gasteiger partial charge in [0.2, 0.25) is 0 Å². The molecule has 0 aliphatic rings. The fraction of sp³-hybridized carbons (Fsp3) is 0.105. The molecule has 0 aliphatic heterocycles. The molecule has 0 spiro atoms. The van der Waals surface area contributed by atoms with Gasteiger partial charge in [-0.1, -0.05) is 24.3 Å². The van der Waals surface area contributed by atoms with Crippen molar-refractivity contribution in [2.75, 3.05) is 17.2 Å². The minimum absolute atomic E-state index is 0.191. The van der Waals surface area contributed by atoms with Crippen LogP contribution in [0.1, 0.15) is 5.56 Å². The Balaban J connectivity index is 1.55. The van der Waals surface area contributed by atoms with Crippen LogP contribution in [0.4, 0.5) is 30.5 Å². The summed E-state index contributed by atoms with van der Waals surface area (Å²) in [4.78, 5) is 11.9. The number of carbonyl (C=O) groups is 1. The molecule has 0 atom stereocenters. The number of carbonyl (C=O) groups excluding carboxylic acids is 1. The minimum Gasteiger partial charge on any atom is -0.484 e. The molecule has 0 fully saturated rings. The Kier molecular flexibility index (Phi) is 5.73. The summed E-state index contributed by atoms with van der Waals surface area (Å²) in [6.07, 6.45) is -4.43. The van der Waals surface area contributed by atoms with Gasteiger partial charge in [0.15, 0.2) is 18.2 Å². The average Bonchev–Trinajstić information content (AvgIpc) is 2.68. The number of rotatable bonds is 6. The number of alkyl halides is 3. The van der Waals surface area contributed by atoms with Gasteiger partial charge in [-0.3, -0.25) is 4.79 Å². The average molecular weight is 388 g/mol. The smallest absolute Gasteiger partial charge is 0.416 e. The van der Waals surface area contributed by atoms with Crippen LogP contribution in [0, 0.1) is 0 Å². The summed E-state index contributed by atoms with van der Waals surface area (Å²) in [5.74, 6) is 0.565. The second-order valence-electron chi connectivity index (χ2n) is 5.66. The lowest BCUT2D eigenvalue weighted by Gasteiger charge is -2.10. The number of amides is 1. The summed E-state index contributed by atoms with van der Waals surface area (Å²) < 4.78 is 43.6. The topological polar surface area (TPSA) is 76.1 Å². The number of anilines is 3. The highest BCUT2D eigenvalue weighted by Crippen LogP contribution is 2.31. The molecular weight excluding hydrogens is 373 g/mol. The Morgan fingerprint density at radius 3 is 2.32 bits per heavy atom. The van der Waals surface area contributed by atoms with E-state index in [2.05, 4.69) is 20.8 Å². The van der Waals surface area contributed by atoms with Crippen LogP contribution in [0.25, 0.3) is 0 Å². The van der Waals surface area contributed by atoms with Crippen molar-refractivity contribution in [2.45, 2.75) is 6.18 Å². The second kappa shape index (κ2) is 8.38.